The lowest BCUT2D eigenvalue weighted by Gasteiger charge is -2.03. The van der Waals surface area contributed by atoms with Crippen molar-refractivity contribution in [3.8, 4) is 5.88 Å². The third-order valence-corrected chi connectivity index (χ3v) is 1.97. The molecule has 0 bridgehead atoms. The summed E-state index contributed by atoms with van der Waals surface area (Å²) in [4.78, 5) is 7.95. The van der Waals surface area contributed by atoms with Gasteiger partial charge in [-0.05, 0) is 6.92 Å². The van der Waals surface area contributed by atoms with Crippen molar-refractivity contribution in [3.63, 3.8) is 0 Å². The fraction of sp³-hybridized carbons (Fsp3) is 0.300. The van der Waals surface area contributed by atoms with Gasteiger partial charge in [0.15, 0.2) is 5.76 Å². The summed E-state index contributed by atoms with van der Waals surface area (Å²) in [5.41, 5.74) is 0.858. The van der Waals surface area contributed by atoms with E-state index >= 15 is 0 Å². The van der Waals surface area contributed by atoms with Gasteiger partial charge >= 0.3 is 0 Å². The van der Waals surface area contributed by atoms with Crippen LogP contribution in [-0.2, 0) is 6.54 Å². The summed E-state index contributed by atoms with van der Waals surface area (Å²) < 4.78 is 10.0. The molecular weight excluding hydrogens is 208 g/mol. The van der Waals surface area contributed by atoms with Crippen LogP contribution in [-0.4, -0.2) is 22.2 Å². The highest BCUT2D eigenvalue weighted by Crippen LogP contribution is 2.11. The Hall–Kier alpha value is -2.11. The summed E-state index contributed by atoms with van der Waals surface area (Å²) in [7, 11) is 1.56. The second-order valence-corrected chi connectivity index (χ2v) is 3.23. The number of aromatic nitrogens is 3. The van der Waals surface area contributed by atoms with Crippen LogP contribution in [0.5, 0.6) is 5.88 Å². The van der Waals surface area contributed by atoms with E-state index in [0.717, 1.165) is 11.5 Å². The first kappa shape index (κ1) is 10.4. The van der Waals surface area contributed by atoms with Gasteiger partial charge in [0.2, 0.25) is 5.88 Å². The van der Waals surface area contributed by atoms with Gasteiger partial charge in [-0.1, -0.05) is 5.16 Å². The number of anilines is 1. The zero-order valence-electron chi connectivity index (χ0n) is 9.10. The van der Waals surface area contributed by atoms with Crippen LogP contribution in [0.2, 0.25) is 0 Å². The molecule has 0 aliphatic heterocycles. The van der Waals surface area contributed by atoms with Gasteiger partial charge in [-0.15, -0.1) is 0 Å². The molecule has 2 rings (SSSR count). The van der Waals surface area contributed by atoms with E-state index in [4.69, 9.17) is 9.26 Å². The lowest BCUT2D eigenvalue weighted by Crippen LogP contribution is -2.01. The molecule has 6 heteroatoms. The molecular formula is C10H12N4O2. The smallest absolute Gasteiger partial charge is 0.218 e. The summed E-state index contributed by atoms with van der Waals surface area (Å²) in [6.07, 6.45) is 1.44. The zero-order chi connectivity index (χ0) is 11.4. The van der Waals surface area contributed by atoms with E-state index in [9.17, 15) is 0 Å². The minimum atomic E-state index is 0.520. The van der Waals surface area contributed by atoms with E-state index in [2.05, 4.69) is 20.4 Å². The minimum Gasteiger partial charge on any atom is -0.481 e. The van der Waals surface area contributed by atoms with Gasteiger partial charge in [-0.25, -0.2) is 9.97 Å². The maximum absolute atomic E-state index is 5.06. The van der Waals surface area contributed by atoms with E-state index < -0.39 is 0 Å². The Labute approximate surface area is 92.7 Å². The lowest BCUT2D eigenvalue weighted by molar-refractivity contribution is 0.383. The van der Waals surface area contributed by atoms with Crippen LogP contribution in [0.1, 0.15) is 11.5 Å². The van der Waals surface area contributed by atoms with Crippen LogP contribution in [0.15, 0.2) is 23.0 Å². The molecule has 2 heterocycles. The Morgan fingerprint density at radius 1 is 1.38 bits per heavy atom. The van der Waals surface area contributed by atoms with Crippen LogP contribution in [0, 0.1) is 6.92 Å². The average molecular weight is 220 g/mol. The normalized spacial score (nSPS) is 10.1. The van der Waals surface area contributed by atoms with Gasteiger partial charge in [0.25, 0.3) is 0 Å². The van der Waals surface area contributed by atoms with Crippen LogP contribution >= 0.6 is 0 Å². The molecule has 16 heavy (non-hydrogen) atoms. The molecule has 1 N–H and O–H groups in total. The predicted molar refractivity (Wildman–Crippen MR) is 57.2 cm³/mol. The van der Waals surface area contributed by atoms with Crippen LogP contribution in [0.4, 0.5) is 5.82 Å². The number of ether oxygens (including phenoxy) is 1. The molecule has 0 saturated carbocycles. The van der Waals surface area contributed by atoms with E-state index in [1.54, 1.807) is 13.2 Å². The second kappa shape index (κ2) is 4.61. The summed E-state index contributed by atoms with van der Waals surface area (Å²) in [5.74, 6) is 1.96. The second-order valence-electron chi connectivity index (χ2n) is 3.23. The van der Waals surface area contributed by atoms with Gasteiger partial charge in [0.1, 0.15) is 12.1 Å². The molecule has 0 saturated heterocycles. The molecule has 0 aliphatic rings. The number of hydrogen-bond donors (Lipinski definition) is 1. The van der Waals surface area contributed by atoms with Gasteiger partial charge in [-0.3, -0.25) is 0 Å². The van der Waals surface area contributed by atoms with Crippen molar-refractivity contribution in [2.45, 2.75) is 13.5 Å². The zero-order valence-corrected chi connectivity index (χ0v) is 9.10. The maximum atomic E-state index is 5.06. The van der Waals surface area contributed by atoms with Crippen molar-refractivity contribution in [2.75, 3.05) is 12.4 Å². The summed E-state index contributed by atoms with van der Waals surface area (Å²) in [6, 6.07) is 3.58. The van der Waals surface area contributed by atoms with Crippen molar-refractivity contribution in [1.29, 1.82) is 0 Å². The van der Waals surface area contributed by atoms with Crippen molar-refractivity contribution in [2.24, 2.45) is 0 Å². The summed E-state index contributed by atoms with van der Waals surface area (Å²) >= 11 is 0. The highest BCUT2D eigenvalue weighted by molar-refractivity contribution is 5.37. The number of nitrogens with zero attached hydrogens (tertiary/aromatic N) is 3. The largest absolute Gasteiger partial charge is 0.481 e. The van der Waals surface area contributed by atoms with Crippen molar-refractivity contribution in [3.05, 3.63) is 29.9 Å². The van der Waals surface area contributed by atoms with E-state index in [1.807, 2.05) is 13.0 Å². The topological polar surface area (TPSA) is 73.1 Å². The molecule has 0 aliphatic carbocycles. The van der Waals surface area contributed by atoms with Gasteiger partial charge in [-0.2, -0.15) is 0 Å². The van der Waals surface area contributed by atoms with E-state index in [0.29, 0.717) is 18.2 Å². The third kappa shape index (κ3) is 2.47. The average Bonchev–Trinajstić information content (AvgIpc) is 2.73. The predicted octanol–water partition coefficient (Wildman–Crippen LogP) is 1.39. The summed E-state index contributed by atoms with van der Waals surface area (Å²) in [6.45, 7) is 2.40. The SMILES string of the molecule is COc1cc(NCc2cc(C)no2)ncn1. The first-order valence-corrected chi connectivity index (χ1v) is 4.80. The molecule has 6 nitrogen and oxygen atoms in total. The Morgan fingerprint density at radius 3 is 2.94 bits per heavy atom. The first-order valence-electron chi connectivity index (χ1n) is 4.80. The first-order chi connectivity index (χ1) is 7.78. The van der Waals surface area contributed by atoms with Crippen molar-refractivity contribution < 1.29 is 9.26 Å². The highest BCUT2D eigenvalue weighted by atomic mass is 16.5. The Balaban J connectivity index is 1.99. The molecule has 0 spiro atoms. The molecule has 0 aromatic carbocycles. The van der Waals surface area contributed by atoms with Crippen LogP contribution in [0.3, 0.4) is 0 Å². The lowest BCUT2D eigenvalue weighted by atomic mass is 10.4. The fourth-order valence-corrected chi connectivity index (χ4v) is 1.23. The number of aryl methyl sites for hydroxylation is 1. The van der Waals surface area contributed by atoms with Crippen molar-refractivity contribution in [1.82, 2.24) is 15.1 Å². The van der Waals surface area contributed by atoms with Crippen LogP contribution in [0.25, 0.3) is 0 Å². The molecule has 0 radical (unpaired) electrons. The van der Waals surface area contributed by atoms with Crippen molar-refractivity contribution >= 4 is 5.82 Å². The highest BCUT2D eigenvalue weighted by Gasteiger charge is 2.02. The molecule has 2 aromatic heterocycles. The Kier molecular flexibility index (Phi) is 3.00. The van der Waals surface area contributed by atoms with E-state index in [1.165, 1.54) is 6.33 Å². The van der Waals surface area contributed by atoms with E-state index in [-0.39, 0.29) is 0 Å². The standard InChI is InChI=1S/C10H12N4O2/c1-7-3-8(16-14-7)5-11-9-4-10(15-2)13-6-12-9/h3-4,6H,5H2,1-2H3,(H,11,12,13). The van der Waals surface area contributed by atoms with Crippen LogP contribution < -0.4 is 10.1 Å². The molecule has 2 aromatic rings. The number of nitrogens with one attached hydrogen (secondary N) is 1. The Morgan fingerprint density at radius 2 is 2.25 bits per heavy atom. The van der Waals surface area contributed by atoms with Gasteiger partial charge in [0.05, 0.1) is 19.3 Å². The van der Waals surface area contributed by atoms with Gasteiger partial charge < -0.3 is 14.6 Å². The Bertz CT molecular complexity index is 469. The maximum Gasteiger partial charge on any atom is 0.218 e. The molecule has 0 amide bonds. The monoisotopic (exact) mass is 220 g/mol. The molecule has 0 fully saturated rings. The third-order valence-electron chi connectivity index (χ3n) is 1.97. The number of rotatable bonds is 4. The molecule has 84 valence electrons. The number of methoxy groups -OCH3 is 1. The molecule has 0 unspecified atom stereocenters. The quantitative estimate of drug-likeness (QED) is 0.839. The van der Waals surface area contributed by atoms with Gasteiger partial charge in [0, 0.05) is 12.1 Å². The molecule has 0 atom stereocenters. The minimum absolute atomic E-state index is 0.520. The fourth-order valence-electron chi connectivity index (χ4n) is 1.23. The summed E-state index contributed by atoms with van der Waals surface area (Å²) in [5, 5.41) is 6.87. The number of hydrogen-bond acceptors (Lipinski definition) is 6.